The molecule has 0 fully saturated rings. The average molecular weight is 303 g/mol. The molecule has 21 heavy (non-hydrogen) atoms. The van der Waals surface area contributed by atoms with Crippen LogP contribution in [0.5, 0.6) is 0 Å². The minimum atomic E-state index is -0.224. The molecule has 1 aliphatic rings. The van der Waals surface area contributed by atoms with Gasteiger partial charge in [-0.3, -0.25) is 4.79 Å². The fraction of sp³-hybridized carbons (Fsp3) is 0.200. The van der Waals surface area contributed by atoms with Crippen LogP contribution >= 0.6 is 11.6 Å². The number of benzene rings is 1. The number of hydrogen-bond donors (Lipinski definition) is 1. The van der Waals surface area contributed by atoms with Crippen LogP contribution in [0.2, 0.25) is 5.02 Å². The number of nitrogens with two attached hydrogens (primary N) is 1. The van der Waals surface area contributed by atoms with E-state index in [2.05, 4.69) is 4.98 Å². The summed E-state index contributed by atoms with van der Waals surface area (Å²) in [5.41, 5.74) is 7.70. The zero-order valence-corrected chi connectivity index (χ0v) is 12.5. The number of fused-ring (bicyclic) bond motifs is 1. The molecule has 1 unspecified atom stereocenters. The first-order chi connectivity index (χ1) is 9.99. The summed E-state index contributed by atoms with van der Waals surface area (Å²) in [5, 5.41) is 0.664. The summed E-state index contributed by atoms with van der Waals surface area (Å²) in [6.07, 6.45) is 1.34. The fourth-order valence-electron chi connectivity index (χ4n) is 2.67. The van der Waals surface area contributed by atoms with E-state index in [1.54, 1.807) is 24.2 Å². The summed E-state index contributed by atoms with van der Waals surface area (Å²) < 4.78 is 0. The van der Waals surface area contributed by atoms with Crippen molar-refractivity contribution < 1.29 is 4.79 Å². The number of amides is 1. The summed E-state index contributed by atoms with van der Waals surface area (Å²) in [5.74, 6) is 0.537. The lowest BCUT2D eigenvalue weighted by molar-refractivity contribution is 0.0709. The van der Waals surface area contributed by atoms with Crippen molar-refractivity contribution in [2.24, 2.45) is 0 Å². The minimum Gasteiger partial charge on any atom is -0.397 e. The van der Waals surface area contributed by atoms with Crippen LogP contribution < -0.4 is 10.6 Å². The summed E-state index contributed by atoms with van der Waals surface area (Å²) in [6.45, 7) is 0. The van der Waals surface area contributed by atoms with Gasteiger partial charge < -0.3 is 15.5 Å². The van der Waals surface area contributed by atoms with Crippen molar-refractivity contribution in [1.29, 1.82) is 0 Å². The van der Waals surface area contributed by atoms with Gasteiger partial charge >= 0.3 is 0 Å². The number of aromatic nitrogens is 1. The van der Waals surface area contributed by atoms with E-state index in [0.29, 0.717) is 22.1 Å². The second-order valence-electron chi connectivity index (χ2n) is 5.09. The van der Waals surface area contributed by atoms with Gasteiger partial charge in [-0.05, 0) is 23.8 Å². The van der Waals surface area contributed by atoms with Gasteiger partial charge in [0, 0.05) is 19.1 Å². The fourth-order valence-corrected chi connectivity index (χ4v) is 2.80. The maximum atomic E-state index is 12.5. The summed E-state index contributed by atoms with van der Waals surface area (Å²) >= 11 is 5.93. The molecule has 5 nitrogen and oxygen atoms in total. The summed E-state index contributed by atoms with van der Waals surface area (Å²) in [4.78, 5) is 20.5. The van der Waals surface area contributed by atoms with E-state index in [-0.39, 0.29) is 12.1 Å². The number of pyridine rings is 1. The normalized spacial score (nSPS) is 17.9. The molecular weight excluding hydrogens is 288 g/mol. The smallest absolute Gasteiger partial charge is 0.259 e. The van der Waals surface area contributed by atoms with Crippen LogP contribution in [-0.4, -0.2) is 29.9 Å². The van der Waals surface area contributed by atoms with Gasteiger partial charge in [-0.25, -0.2) is 4.98 Å². The molecule has 0 saturated carbocycles. The van der Waals surface area contributed by atoms with Gasteiger partial charge in [0.05, 0.1) is 17.4 Å². The molecule has 2 aromatic rings. The maximum Gasteiger partial charge on any atom is 0.259 e. The number of carbonyl (C=O) groups is 1. The van der Waals surface area contributed by atoms with Crippen molar-refractivity contribution in [1.82, 2.24) is 9.88 Å². The first-order valence-electron chi connectivity index (χ1n) is 6.50. The lowest BCUT2D eigenvalue weighted by Crippen LogP contribution is -2.46. The molecule has 1 atom stereocenters. The second-order valence-corrected chi connectivity index (χ2v) is 5.53. The van der Waals surface area contributed by atoms with E-state index in [1.165, 1.54) is 0 Å². The molecule has 3 rings (SSSR count). The maximum absolute atomic E-state index is 12.5. The van der Waals surface area contributed by atoms with E-state index >= 15 is 0 Å². The third-order valence-corrected chi connectivity index (χ3v) is 3.93. The van der Waals surface area contributed by atoms with Crippen LogP contribution in [-0.2, 0) is 0 Å². The Morgan fingerprint density at radius 2 is 1.86 bits per heavy atom. The van der Waals surface area contributed by atoms with E-state index in [1.807, 2.05) is 36.2 Å². The van der Waals surface area contributed by atoms with E-state index < -0.39 is 0 Å². The number of nitrogens with zero attached hydrogens (tertiary/aromatic N) is 3. The van der Waals surface area contributed by atoms with Crippen molar-refractivity contribution in [3.05, 3.63) is 52.7 Å². The van der Waals surface area contributed by atoms with Crippen LogP contribution in [0.4, 0.5) is 11.5 Å². The summed E-state index contributed by atoms with van der Waals surface area (Å²) in [6, 6.07) is 9.12. The van der Waals surface area contributed by atoms with Crippen molar-refractivity contribution in [3.8, 4) is 0 Å². The number of anilines is 2. The lowest BCUT2D eigenvalue weighted by atomic mass is 10.1. The molecule has 0 radical (unpaired) electrons. The molecule has 0 bridgehead atoms. The molecule has 1 aromatic heterocycles. The van der Waals surface area contributed by atoms with E-state index in [9.17, 15) is 4.79 Å². The van der Waals surface area contributed by atoms with Gasteiger partial charge in [0.25, 0.3) is 5.91 Å². The monoisotopic (exact) mass is 302 g/mol. The number of halogens is 1. The Kier molecular flexibility index (Phi) is 3.22. The molecule has 1 aromatic carbocycles. The second kappa shape index (κ2) is 4.93. The molecule has 1 aliphatic heterocycles. The topological polar surface area (TPSA) is 62.5 Å². The van der Waals surface area contributed by atoms with Gasteiger partial charge in [0.15, 0.2) is 0 Å². The van der Waals surface area contributed by atoms with Crippen LogP contribution in [0, 0.1) is 0 Å². The highest BCUT2D eigenvalue weighted by atomic mass is 35.5. The Bertz CT molecular complexity index is 701. The van der Waals surface area contributed by atoms with Crippen LogP contribution in [0.3, 0.4) is 0 Å². The molecule has 2 N–H and O–H groups in total. The number of rotatable bonds is 1. The zero-order chi connectivity index (χ0) is 15.1. The molecule has 108 valence electrons. The van der Waals surface area contributed by atoms with Crippen LogP contribution in [0.1, 0.15) is 22.1 Å². The highest BCUT2D eigenvalue weighted by Gasteiger charge is 2.35. The SMILES string of the molecule is CN1C(=O)c2cc(N)cnc2N(C)C1c1ccc(Cl)cc1. The summed E-state index contributed by atoms with van der Waals surface area (Å²) in [7, 11) is 3.68. The van der Waals surface area contributed by atoms with Crippen molar-refractivity contribution >= 4 is 29.0 Å². The quantitative estimate of drug-likeness (QED) is 0.879. The van der Waals surface area contributed by atoms with E-state index in [4.69, 9.17) is 17.3 Å². The molecule has 6 heteroatoms. The van der Waals surface area contributed by atoms with Gasteiger partial charge in [0.2, 0.25) is 0 Å². The van der Waals surface area contributed by atoms with Crippen LogP contribution in [0.15, 0.2) is 36.5 Å². The highest BCUT2D eigenvalue weighted by Crippen LogP contribution is 2.36. The Morgan fingerprint density at radius 1 is 1.19 bits per heavy atom. The van der Waals surface area contributed by atoms with Gasteiger partial charge in [0.1, 0.15) is 12.0 Å². The first kappa shape index (κ1) is 13.7. The zero-order valence-electron chi connectivity index (χ0n) is 11.7. The van der Waals surface area contributed by atoms with Gasteiger partial charge in [-0.2, -0.15) is 0 Å². The average Bonchev–Trinajstić information content (AvgIpc) is 2.47. The molecule has 0 aliphatic carbocycles. The number of nitrogen functional groups attached to an aromatic ring is 1. The van der Waals surface area contributed by atoms with Gasteiger partial charge in [-0.1, -0.05) is 23.7 Å². The number of hydrogen-bond acceptors (Lipinski definition) is 4. The van der Waals surface area contributed by atoms with E-state index in [0.717, 1.165) is 5.56 Å². The third kappa shape index (κ3) is 2.19. The first-order valence-corrected chi connectivity index (χ1v) is 6.88. The van der Waals surface area contributed by atoms with Gasteiger partial charge in [-0.15, -0.1) is 0 Å². The Balaban J connectivity index is 2.10. The van der Waals surface area contributed by atoms with Crippen molar-refractivity contribution in [3.63, 3.8) is 0 Å². The highest BCUT2D eigenvalue weighted by molar-refractivity contribution is 6.30. The van der Waals surface area contributed by atoms with Crippen molar-refractivity contribution in [2.45, 2.75) is 6.17 Å². The Labute approximate surface area is 127 Å². The molecule has 1 amide bonds. The minimum absolute atomic E-state index is 0.0946. The Hall–Kier alpha value is -2.27. The van der Waals surface area contributed by atoms with Crippen molar-refractivity contribution in [2.75, 3.05) is 24.7 Å². The lowest BCUT2D eigenvalue weighted by Gasteiger charge is -2.41. The third-order valence-electron chi connectivity index (χ3n) is 3.67. The molecule has 0 saturated heterocycles. The van der Waals surface area contributed by atoms with Crippen LogP contribution in [0.25, 0.3) is 0 Å². The largest absolute Gasteiger partial charge is 0.397 e. The predicted octanol–water partition coefficient (Wildman–Crippen LogP) is 2.54. The number of carbonyl (C=O) groups excluding carboxylic acids is 1. The molecule has 0 spiro atoms. The predicted molar refractivity (Wildman–Crippen MR) is 83.3 cm³/mol. The molecular formula is C15H15ClN4O. The Morgan fingerprint density at radius 3 is 2.52 bits per heavy atom. The molecule has 2 heterocycles. The standard InChI is InChI=1S/C15H15ClN4O/c1-19-13-12(7-11(17)8-18-13)15(21)20(2)14(19)9-3-5-10(16)6-4-9/h3-8,14H,17H2,1-2H3.